The van der Waals surface area contributed by atoms with Crippen LogP contribution in [0.25, 0.3) is 0 Å². The van der Waals surface area contributed by atoms with Crippen LogP contribution in [0, 0.1) is 0 Å². The third-order valence-corrected chi connectivity index (χ3v) is 4.11. The van der Waals surface area contributed by atoms with Gasteiger partial charge in [0.25, 0.3) is 0 Å². The number of nitrogens with zero attached hydrogens (tertiary/aromatic N) is 2. The molecule has 4 N–H and O–H groups in total. The van der Waals surface area contributed by atoms with E-state index in [0.717, 1.165) is 37.3 Å². The number of urea groups is 1. The summed E-state index contributed by atoms with van der Waals surface area (Å²) in [5, 5.41) is 15.5. The van der Waals surface area contributed by atoms with E-state index in [1.54, 1.807) is 0 Å². The highest BCUT2D eigenvalue weighted by Crippen LogP contribution is 2.21. The van der Waals surface area contributed by atoms with Crippen molar-refractivity contribution in [3.63, 3.8) is 0 Å². The van der Waals surface area contributed by atoms with Crippen molar-refractivity contribution in [1.82, 2.24) is 25.5 Å². The zero-order valence-corrected chi connectivity index (χ0v) is 11.6. The molecule has 2 amide bonds. The predicted molar refractivity (Wildman–Crippen MR) is 73.7 cm³/mol. The number of H-pyrrole nitrogens is 1. The maximum absolute atomic E-state index is 12.4. The summed E-state index contributed by atoms with van der Waals surface area (Å²) >= 11 is 0. The molecule has 1 fully saturated rings. The number of piperidine rings is 1. The van der Waals surface area contributed by atoms with E-state index in [0.29, 0.717) is 0 Å². The first kappa shape index (κ1) is 13.9. The molecule has 0 radical (unpaired) electrons. The Morgan fingerprint density at radius 1 is 1.38 bits per heavy atom. The van der Waals surface area contributed by atoms with Crippen LogP contribution in [0.4, 0.5) is 4.79 Å². The maximum Gasteiger partial charge on any atom is 0.326 e. The summed E-state index contributed by atoms with van der Waals surface area (Å²) in [5.74, 6) is -0.996. The molecule has 3 rings (SSSR count). The number of imidazole rings is 1. The fourth-order valence-corrected chi connectivity index (χ4v) is 2.89. The largest absolute Gasteiger partial charge is 0.480 e. The van der Waals surface area contributed by atoms with Gasteiger partial charge in [0.05, 0.1) is 24.3 Å². The number of aromatic nitrogens is 2. The third-order valence-electron chi connectivity index (χ3n) is 4.11. The summed E-state index contributed by atoms with van der Waals surface area (Å²) < 4.78 is 0. The first-order valence-corrected chi connectivity index (χ1v) is 7.17. The number of carbonyl (C=O) groups excluding carboxylic acids is 1. The molecule has 1 atom stereocenters. The fourth-order valence-electron chi connectivity index (χ4n) is 2.89. The molecule has 1 aromatic heterocycles. The first-order chi connectivity index (χ1) is 10.1. The van der Waals surface area contributed by atoms with Gasteiger partial charge in [-0.05, 0) is 25.9 Å². The lowest BCUT2D eigenvalue weighted by molar-refractivity contribution is -0.142. The molecule has 8 nitrogen and oxygen atoms in total. The summed E-state index contributed by atoms with van der Waals surface area (Å²) in [6, 6.07) is -1.06. The number of hydrogen-bond donors (Lipinski definition) is 4. The van der Waals surface area contributed by atoms with E-state index in [1.807, 2.05) is 0 Å². The third kappa shape index (κ3) is 2.85. The van der Waals surface area contributed by atoms with Gasteiger partial charge in [-0.15, -0.1) is 0 Å². The van der Waals surface area contributed by atoms with Crippen LogP contribution in [0.2, 0.25) is 0 Å². The zero-order valence-electron chi connectivity index (χ0n) is 11.6. The van der Waals surface area contributed by atoms with Crippen molar-refractivity contribution in [2.75, 3.05) is 13.1 Å². The van der Waals surface area contributed by atoms with E-state index in [9.17, 15) is 14.7 Å². The number of rotatable bonds is 2. The predicted octanol–water partition coefficient (Wildman–Crippen LogP) is -0.317. The van der Waals surface area contributed by atoms with Crippen LogP contribution in [-0.2, 0) is 17.8 Å². The van der Waals surface area contributed by atoms with Gasteiger partial charge < -0.3 is 25.6 Å². The van der Waals surface area contributed by atoms with Gasteiger partial charge in [-0.1, -0.05) is 0 Å². The SMILES string of the molecule is O=C(O)C1Cc2nc[nH]c2CN1C(=O)NC1CCNCC1. The molecule has 1 unspecified atom stereocenters. The highest BCUT2D eigenvalue weighted by molar-refractivity contribution is 5.83. The van der Waals surface area contributed by atoms with Gasteiger partial charge in [-0.3, -0.25) is 0 Å². The molecule has 8 heteroatoms. The van der Waals surface area contributed by atoms with Gasteiger partial charge in [-0.25, -0.2) is 14.6 Å². The quantitative estimate of drug-likeness (QED) is 0.597. The lowest BCUT2D eigenvalue weighted by Crippen LogP contribution is -2.55. The second-order valence-electron chi connectivity index (χ2n) is 5.49. The van der Waals surface area contributed by atoms with E-state index in [2.05, 4.69) is 20.6 Å². The molecule has 21 heavy (non-hydrogen) atoms. The summed E-state index contributed by atoms with van der Waals surface area (Å²) in [7, 11) is 0. The number of aliphatic carboxylic acids is 1. The van der Waals surface area contributed by atoms with Crippen LogP contribution in [0.5, 0.6) is 0 Å². The summed E-state index contributed by atoms with van der Waals surface area (Å²) in [5.41, 5.74) is 1.54. The second-order valence-corrected chi connectivity index (χ2v) is 5.49. The lowest BCUT2D eigenvalue weighted by atomic mass is 10.0. The average molecular weight is 293 g/mol. The maximum atomic E-state index is 12.4. The van der Waals surface area contributed by atoms with E-state index in [1.165, 1.54) is 11.2 Å². The number of carbonyl (C=O) groups is 2. The number of nitrogens with one attached hydrogen (secondary N) is 3. The number of fused-ring (bicyclic) bond motifs is 1. The Kier molecular flexibility index (Phi) is 3.78. The molecule has 0 aromatic carbocycles. The highest BCUT2D eigenvalue weighted by Gasteiger charge is 2.36. The summed E-state index contributed by atoms with van der Waals surface area (Å²) in [6.45, 7) is 2.00. The normalized spacial score (nSPS) is 22.7. The Balaban J connectivity index is 1.72. The van der Waals surface area contributed by atoms with Gasteiger partial charge in [0.15, 0.2) is 0 Å². The molecule has 0 aliphatic carbocycles. The average Bonchev–Trinajstić information content (AvgIpc) is 2.94. The van der Waals surface area contributed by atoms with Gasteiger partial charge in [-0.2, -0.15) is 0 Å². The molecule has 2 aliphatic heterocycles. The van der Waals surface area contributed by atoms with Crippen molar-refractivity contribution in [2.24, 2.45) is 0 Å². The van der Waals surface area contributed by atoms with Crippen molar-refractivity contribution in [3.8, 4) is 0 Å². The van der Waals surface area contributed by atoms with Gasteiger partial charge in [0, 0.05) is 12.5 Å². The monoisotopic (exact) mass is 293 g/mol. The van der Waals surface area contributed by atoms with E-state index in [-0.39, 0.29) is 25.0 Å². The number of carboxylic acids is 1. The molecule has 0 bridgehead atoms. The Bertz CT molecular complexity index is 538. The van der Waals surface area contributed by atoms with Crippen LogP contribution in [0.1, 0.15) is 24.2 Å². The molecule has 3 heterocycles. The minimum Gasteiger partial charge on any atom is -0.480 e. The van der Waals surface area contributed by atoms with Crippen LogP contribution in [0.15, 0.2) is 6.33 Å². The minimum atomic E-state index is -0.996. The molecule has 1 saturated heterocycles. The molecule has 1 aromatic rings. The Morgan fingerprint density at radius 2 is 2.14 bits per heavy atom. The molecular weight excluding hydrogens is 274 g/mol. The standard InChI is InChI=1S/C13H19N5O3/c19-12(20)11-5-9-10(16-7-15-9)6-18(11)13(21)17-8-1-3-14-4-2-8/h7-8,11,14H,1-6H2,(H,15,16)(H,17,21)(H,19,20). The summed E-state index contributed by atoms with van der Waals surface area (Å²) in [4.78, 5) is 32.3. The van der Waals surface area contributed by atoms with Gasteiger partial charge >= 0.3 is 12.0 Å². The second kappa shape index (κ2) is 5.72. The van der Waals surface area contributed by atoms with E-state index >= 15 is 0 Å². The Labute approximate surface area is 121 Å². The van der Waals surface area contributed by atoms with E-state index in [4.69, 9.17) is 0 Å². The number of amides is 2. The topological polar surface area (TPSA) is 110 Å². The van der Waals surface area contributed by atoms with E-state index < -0.39 is 12.0 Å². The highest BCUT2D eigenvalue weighted by atomic mass is 16.4. The Hall–Kier alpha value is -2.09. The fraction of sp³-hybridized carbons (Fsp3) is 0.615. The molecule has 2 aliphatic rings. The molecule has 114 valence electrons. The van der Waals surface area contributed by atoms with Crippen molar-refractivity contribution in [2.45, 2.75) is 37.9 Å². The number of hydrogen-bond acceptors (Lipinski definition) is 4. The van der Waals surface area contributed by atoms with Crippen molar-refractivity contribution >= 4 is 12.0 Å². The van der Waals surface area contributed by atoms with Gasteiger partial charge in [0.2, 0.25) is 0 Å². The smallest absolute Gasteiger partial charge is 0.326 e. The van der Waals surface area contributed by atoms with Crippen LogP contribution >= 0.6 is 0 Å². The van der Waals surface area contributed by atoms with Crippen molar-refractivity contribution in [3.05, 3.63) is 17.7 Å². The molecule has 0 saturated carbocycles. The van der Waals surface area contributed by atoms with Crippen LogP contribution < -0.4 is 10.6 Å². The first-order valence-electron chi connectivity index (χ1n) is 7.17. The lowest BCUT2D eigenvalue weighted by Gasteiger charge is -2.34. The van der Waals surface area contributed by atoms with Crippen LogP contribution in [0.3, 0.4) is 0 Å². The van der Waals surface area contributed by atoms with Crippen LogP contribution in [-0.4, -0.2) is 57.1 Å². The molecular formula is C13H19N5O3. The van der Waals surface area contributed by atoms with Gasteiger partial charge in [0.1, 0.15) is 6.04 Å². The number of carboxylic acid groups (broad SMARTS) is 1. The van der Waals surface area contributed by atoms with Crippen molar-refractivity contribution < 1.29 is 14.7 Å². The minimum absolute atomic E-state index is 0.108. The summed E-state index contributed by atoms with van der Waals surface area (Å²) in [6.07, 6.45) is 3.52. The number of aromatic amines is 1. The van der Waals surface area contributed by atoms with Crippen molar-refractivity contribution in [1.29, 1.82) is 0 Å². The molecule has 0 spiro atoms. The Morgan fingerprint density at radius 3 is 2.86 bits per heavy atom. The zero-order chi connectivity index (χ0) is 14.8.